The van der Waals surface area contributed by atoms with Gasteiger partial charge in [-0.1, -0.05) is 35.3 Å². The van der Waals surface area contributed by atoms with E-state index < -0.39 is 0 Å². The number of hydrogen-bond donors (Lipinski definition) is 0. The predicted octanol–water partition coefficient (Wildman–Crippen LogP) is 1.55. The molecular formula is C14H13Cl4N4-. The summed E-state index contributed by atoms with van der Waals surface area (Å²) in [5.41, 5.74) is 2.01. The number of halogens is 4. The van der Waals surface area contributed by atoms with E-state index in [1.54, 1.807) is 24.5 Å². The van der Waals surface area contributed by atoms with Crippen molar-refractivity contribution in [3.8, 4) is 6.57 Å². The number of hydrogen-bond acceptors (Lipinski definition) is 4. The van der Waals surface area contributed by atoms with Crippen LogP contribution in [0.4, 0.5) is 0 Å². The molecule has 2 aromatic rings. The first-order valence-corrected chi connectivity index (χ1v) is 6.90. The van der Waals surface area contributed by atoms with E-state index in [4.69, 9.17) is 40.1 Å². The number of alkyl halides is 1. The Morgan fingerprint density at radius 3 is 1.77 bits per heavy atom. The highest BCUT2D eigenvalue weighted by Gasteiger charge is 1.90. The third kappa shape index (κ3) is 10.4. The van der Waals surface area contributed by atoms with Gasteiger partial charge in [-0.2, -0.15) is 0 Å². The number of aromatic nitrogens is 2. The van der Waals surface area contributed by atoms with Crippen molar-refractivity contribution in [2.75, 3.05) is 0 Å². The summed E-state index contributed by atoms with van der Waals surface area (Å²) in [7, 11) is 0. The molecule has 0 fully saturated rings. The highest BCUT2D eigenvalue weighted by atomic mass is 35.5. The summed E-state index contributed by atoms with van der Waals surface area (Å²) in [5.74, 6) is 0.490. The molecule has 0 atom stereocenters. The molecule has 0 aliphatic heterocycles. The number of nitriles is 1. The second-order valence-corrected chi connectivity index (χ2v) is 4.54. The van der Waals surface area contributed by atoms with Gasteiger partial charge in [0, 0.05) is 24.8 Å². The average molecular weight is 379 g/mol. The lowest BCUT2D eigenvalue weighted by molar-refractivity contribution is -0.00000447. The van der Waals surface area contributed by atoms with Gasteiger partial charge < -0.3 is 12.4 Å². The Labute approximate surface area is 151 Å². The van der Waals surface area contributed by atoms with E-state index in [1.807, 2.05) is 12.1 Å². The minimum atomic E-state index is 0. The Morgan fingerprint density at radius 2 is 1.45 bits per heavy atom. The monoisotopic (exact) mass is 377 g/mol. The van der Waals surface area contributed by atoms with E-state index in [0.29, 0.717) is 22.7 Å². The van der Waals surface area contributed by atoms with E-state index in [0.717, 1.165) is 11.1 Å². The third-order valence-electron chi connectivity index (χ3n) is 2.03. The molecule has 0 N–H and O–H groups in total. The van der Waals surface area contributed by atoms with Gasteiger partial charge in [0.1, 0.15) is 10.3 Å². The van der Waals surface area contributed by atoms with Crippen LogP contribution in [0.15, 0.2) is 41.7 Å². The Balaban J connectivity index is 0. The Morgan fingerprint density at radius 1 is 1.00 bits per heavy atom. The van der Waals surface area contributed by atoms with Crippen LogP contribution in [0.2, 0.25) is 10.3 Å². The summed E-state index contributed by atoms with van der Waals surface area (Å²) in [6.07, 6.45) is 3.35. The van der Waals surface area contributed by atoms with Gasteiger partial charge in [0.25, 0.3) is 0 Å². The highest BCUT2D eigenvalue weighted by molar-refractivity contribution is 6.29. The first kappa shape index (κ1) is 22.9. The van der Waals surface area contributed by atoms with E-state index in [9.17, 15) is 0 Å². The number of aliphatic imine (C=N–C) groups is 1. The maximum absolute atomic E-state index is 6.50. The van der Waals surface area contributed by atoms with Crippen LogP contribution in [-0.4, -0.2) is 16.7 Å². The summed E-state index contributed by atoms with van der Waals surface area (Å²) in [5, 5.41) is 7.51. The SMILES string of the molecule is C#N.C=NCc1ccc(Cl)nc1.ClCc1ccc(Cl)nc1.[Cl-]. The molecule has 0 bridgehead atoms. The minimum absolute atomic E-state index is 0. The molecule has 22 heavy (non-hydrogen) atoms. The van der Waals surface area contributed by atoms with Gasteiger partial charge in [-0.05, 0) is 30.0 Å². The average Bonchev–Trinajstić information content (AvgIpc) is 2.53. The molecule has 2 rings (SSSR count). The molecule has 0 spiro atoms. The third-order valence-corrected chi connectivity index (χ3v) is 2.78. The molecule has 0 saturated carbocycles. The first-order valence-electron chi connectivity index (χ1n) is 5.61. The second-order valence-electron chi connectivity index (χ2n) is 3.49. The minimum Gasteiger partial charge on any atom is -1.00 e. The summed E-state index contributed by atoms with van der Waals surface area (Å²) in [6.45, 7) is 7.47. The van der Waals surface area contributed by atoms with Crippen LogP contribution in [0.5, 0.6) is 0 Å². The molecule has 4 nitrogen and oxygen atoms in total. The molecule has 2 heterocycles. The maximum atomic E-state index is 6.50. The number of nitrogens with zero attached hydrogens (tertiary/aromatic N) is 4. The zero-order valence-electron chi connectivity index (χ0n) is 11.5. The molecule has 0 aliphatic carbocycles. The van der Waals surface area contributed by atoms with Crippen molar-refractivity contribution in [2.45, 2.75) is 12.4 Å². The lowest BCUT2D eigenvalue weighted by Crippen LogP contribution is -3.00. The van der Waals surface area contributed by atoms with Crippen LogP contribution in [0.1, 0.15) is 11.1 Å². The van der Waals surface area contributed by atoms with Crippen LogP contribution in [-0.2, 0) is 12.4 Å². The van der Waals surface area contributed by atoms with Crippen molar-refractivity contribution in [1.82, 2.24) is 9.97 Å². The molecule has 0 saturated heterocycles. The molecule has 2 aromatic heterocycles. The highest BCUT2D eigenvalue weighted by Crippen LogP contribution is 2.06. The zero-order valence-corrected chi connectivity index (χ0v) is 14.5. The predicted molar refractivity (Wildman–Crippen MR) is 88.0 cm³/mol. The van der Waals surface area contributed by atoms with Crippen LogP contribution in [0.25, 0.3) is 0 Å². The summed E-state index contributed by atoms with van der Waals surface area (Å²) >= 11 is 16.6. The second kappa shape index (κ2) is 14.6. The fourth-order valence-electron chi connectivity index (χ4n) is 1.11. The van der Waals surface area contributed by atoms with Gasteiger partial charge in [-0.25, -0.2) is 15.2 Å². The first-order chi connectivity index (χ1) is 10.2. The number of rotatable bonds is 3. The topological polar surface area (TPSA) is 61.9 Å². The van der Waals surface area contributed by atoms with Gasteiger partial charge in [-0.15, -0.1) is 11.6 Å². The van der Waals surface area contributed by atoms with E-state index >= 15 is 0 Å². The standard InChI is InChI=1S/C7H7ClN2.C6H5Cl2N.CHN.ClH/c1-9-4-6-2-3-7(8)10-5-6;7-3-5-1-2-6(8)9-4-5;1-2;/h2-3,5H,1,4H2;1-2,4H,3H2;1H;1H/p-1. The largest absolute Gasteiger partial charge is 1.00 e. The summed E-state index contributed by atoms with van der Waals surface area (Å²) in [4.78, 5) is 11.4. The quantitative estimate of drug-likeness (QED) is 0.462. The molecule has 0 radical (unpaired) electrons. The smallest absolute Gasteiger partial charge is 0.129 e. The lowest BCUT2D eigenvalue weighted by atomic mass is 10.3. The Kier molecular flexibility index (Phi) is 15.1. The van der Waals surface area contributed by atoms with Gasteiger partial charge >= 0.3 is 0 Å². The van der Waals surface area contributed by atoms with Crippen LogP contribution in [0, 0.1) is 11.8 Å². The fourth-order valence-corrected chi connectivity index (χ4v) is 1.50. The van der Waals surface area contributed by atoms with Crippen molar-refractivity contribution in [3.05, 3.63) is 58.1 Å². The molecular weight excluding hydrogens is 366 g/mol. The molecule has 0 aliphatic rings. The van der Waals surface area contributed by atoms with Crippen molar-refractivity contribution >= 4 is 41.5 Å². The van der Waals surface area contributed by atoms with Gasteiger partial charge in [0.2, 0.25) is 0 Å². The van der Waals surface area contributed by atoms with E-state index in [-0.39, 0.29) is 12.4 Å². The van der Waals surface area contributed by atoms with Crippen molar-refractivity contribution in [2.24, 2.45) is 4.99 Å². The van der Waals surface area contributed by atoms with Crippen LogP contribution >= 0.6 is 34.8 Å². The van der Waals surface area contributed by atoms with Crippen molar-refractivity contribution < 1.29 is 12.4 Å². The molecule has 118 valence electrons. The number of pyridine rings is 2. The molecule has 0 unspecified atom stereocenters. The molecule has 0 aromatic carbocycles. The van der Waals surface area contributed by atoms with Gasteiger partial charge in [-0.3, -0.25) is 4.99 Å². The van der Waals surface area contributed by atoms with E-state index in [1.165, 1.54) is 0 Å². The van der Waals surface area contributed by atoms with E-state index in [2.05, 4.69) is 28.3 Å². The van der Waals surface area contributed by atoms with Crippen molar-refractivity contribution in [1.29, 1.82) is 5.26 Å². The maximum Gasteiger partial charge on any atom is 0.129 e. The van der Waals surface area contributed by atoms with Crippen LogP contribution in [0.3, 0.4) is 0 Å². The zero-order chi connectivity index (χ0) is 16.1. The Hall–Kier alpha value is -1.38. The normalized spacial score (nSPS) is 8.23. The van der Waals surface area contributed by atoms with Gasteiger partial charge in [0.05, 0.1) is 6.54 Å². The fraction of sp³-hybridized carbons (Fsp3) is 0.143. The summed E-state index contributed by atoms with van der Waals surface area (Å²) in [6, 6.07) is 7.19. The van der Waals surface area contributed by atoms with Crippen LogP contribution < -0.4 is 12.4 Å². The summed E-state index contributed by atoms with van der Waals surface area (Å²) < 4.78 is 0. The molecule has 0 amide bonds. The Bertz CT molecular complexity index is 541. The molecule has 8 heteroatoms. The van der Waals surface area contributed by atoms with Crippen molar-refractivity contribution in [3.63, 3.8) is 0 Å². The lowest BCUT2D eigenvalue weighted by Gasteiger charge is -1.93. The van der Waals surface area contributed by atoms with Gasteiger partial charge in [0.15, 0.2) is 0 Å².